The molecular formula is C19H37AlO. The molecular weight excluding hydrogens is 271 g/mol. The van der Waals surface area contributed by atoms with Gasteiger partial charge < -0.3 is 5.11 Å². The average molecular weight is 308 g/mol. The summed E-state index contributed by atoms with van der Waals surface area (Å²) in [5.41, 5.74) is 0. The molecule has 2 saturated carbocycles. The molecule has 0 aromatic rings. The van der Waals surface area contributed by atoms with Crippen LogP contribution in [0.5, 0.6) is 0 Å². The fourth-order valence-corrected chi connectivity index (χ4v) is 5.25. The molecule has 0 aliphatic heterocycles. The fourth-order valence-electron chi connectivity index (χ4n) is 3.72. The minimum absolute atomic E-state index is 0.199. The summed E-state index contributed by atoms with van der Waals surface area (Å²) in [6, 6.07) is 0. The van der Waals surface area contributed by atoms with Crippen molar-refractivity contribution in [3.05, 3.63) is 0 Å². The van der Waals surface area contributed by atoms with Gasteiger partial charge in [0.1, 0.15) is 0 Å². The first-order chi connectivity index (χ1) is 10.0. The van der Waals surface area contributed by atoms with E-state index in [9.17, 15) is 5.11 Å². The summed E-state index contributed by atoms with van der Waals surface area (Å²) in [5.74, 6) is 2.96. The second-order valence-electron chi connectivity index (χ2n) is 8.10. The van der Waals surface area contributed by atoms with E-state index in [2.05, 4.69) is 27.7 Å². The van der Waals surface area contributed by atoms with Crippen molar-refractivity contribution in [1.29, 1.82) is 0 Å². The first-order valence-corrected chi connectivity index (χ1v) is 11.1. The van der Waals surface area contributed by atoms with Gasteiger partial charge in [-0.1, -0.05) is 63.2 Å². The summed E-state index contributed by atoms with van der Waals surface area (Å²) < 4.78 is 0. The summed E-state index contributed by atoms with van der Waals surface area (Å²) >= 11 is 0.755. The molecule has 0 radical (unpaired) electrons. The molecule has 2 heteroatoms. The SMILES string of the molecule is CC(C)[CH2][Al+][CH2]C(C)C.[O-]C(C1CCCC1)C1CCCC1. The van der Waals surface area contributed by atoms with Crippen LogP contribution in [0.4, 0.5) is 0 Å². The van der Waals surface area contributed by atoms with Crippen LogP contribution in [0.2, 0.25) is 10.6 Å². The Bertz CT molecular complexity index is 216. The second kappa shape index (κ2) is 11.1. The van der Waals surface area contributed by atoms with Gasteiger partial charge in [-0.2, -0.15) is 0 Å². The van der Waals surface area contributed by atoms with Crippen molar-refractivity contribution in [1.82, 2.24) is 0 Å². The molecule has 2 aliphatic rings. The van der Waals surface area contributed by atoms with Crippen molar-refractivity contribution in [2.24, 2.45) is 23.7 Å². The van der Waals surface area contributed by atoms with E-state index in [1.807, 2.05) is 0 Å². The third-order valence-corrected chi connectivity index (χ3v) is 7.56. The molecule has 0 atom stereocenters. The van der Waals surface area contributed by atoms with Crippen LogP contribution in [0.15, 0.2) is 0 Å². The average Bonchev–Trinajstić information content (AvgIpc) is 3.11. The topological polar surface area (TPSA) is 23.1 Å². The van der Waals surface area contributed by atoms with Gasteiger partial charge in [-0.15, -0.1) is 6.10 Å². The van der Waals surface area contributed by atoms with Crippen LogP contribution in [0.1, 0.15) is 79.1 Å². The molecule has 0 saturated heterocycles. The zero-order valence-corrected chi connectivity index (χ0v) is 16.1. The monoisotopic (exact) mass is 308 g/mol. The molecule has 0 aromatic carbocycles. The van der Waals surface area contributed by atoms with Gasteiger partial charge in [-0.25, -0.2) is 0 Å². The minimum Gasteiger partial charge on any atom is -0.852 e. The van der Waals surface area contributed by atoms with Crippen molar-refractivity contribution < 1.29 is 5.11 Å². The van der Waals surface area contributed by atoms with Crippen molar-refractivity contribution in [2.45, 2.75) is 95.7 Å². The summed E-state index contributed by atoms with van der Waals surface area (Å²) in [5, 5.41) is 14.9. The summed E-state index contributed by atoms with van der Waals surface area (Å²) in [6.45, 7) is 9.25. The standard InChI is InChI=1S/C11H19O.2C4H9.Al/c12-11(9-5-1-2-6-9)10-7-3-4-8-10;2*1-4(2)3;/h9-11H,1-8H2;2*4H,1H2,2-3H3;/q-1;;;+1. The van der Waals surface area contributed by atoms with Crippen LogP contribution in [0, 0.1) is 23.7 Å². The van der Waals surface area contributed by atoms with Gasteiger partial charge in [0.05, 0.1) is 0 Å². The maximum Gasteiger partial charge on any atom is -0.0515 e. The largest absolute Gasteiger partial charge is 0.852 e. The molecule has 122 valence electrons. The van der Waals surface area contributed by atoms with E-state index < -0.39 is 0 Å². The molecule has 0 amide bonds. The van der Waals surface area contributed by atoms with Gasteiger partial charge in [0.2, 0.25) is 0 Å². The Morgan fingerprint density at radius 3 is 1.38 bits per heavy atom. The number of rotatable bonds is 6. The van der Waals surface area contributed by atoms with Gasteiger partial charge in [0, 0.05) is 0 Å². The maximum absolute atomic E-state index is 11.9. The number of hydrogen-bond acceptors (Lipinski definition) is 1. The van der Waals surface area contributed by atoms with Crippen molar-refractivity contribution in [2.75, 3.05) is 0 Å². The van der Waals surface area contributed by atoms with Gasteiger partial charge in [-0.3, -0.25) is 0 Å². The first-order valence-electron chi connectivity index (χ1n) is 9.48. The zero-order chi connectivity index (χ0) is 15.7. The van der Waals surface area contributed by atoms with E-state index in [0.717, 1.165) is 27.1 Å². The van der Waals surface area contributed by atoms with Gasteiger partial charge >= 0.3 is 65.3 Å². The third kappa shape index (κ3) is 8.63. The second-order valence-corrected chi connectivity index (χ2v) is 9.62. The van der Waals surface area contributed by atoms with Crippen LogP contribution >= 0.6 is 0 Å². The fraction of sp³-hybridized carbons (Fsp3) is 1.00. The molecule has 0 N–H and O–H groups in total. The van der Waals surface area contributed by atoms with E-state index in [1.54, 1.807) is 0 Å². The van der Waals surface area contributed by atoms with Crippen molar-refractivity contribution >= 4 is 15.2 Å². The Kier molecular flexibility index (Phi) is 10.3. The van der Waals surface area contributed by atoms with Crippen molar-refractivity contribution in [3.63, 3.8) is 0 Å². The van der Waals surface area contributed by atoms with Crippen molar-refractivity contribution in [3.8, 4) is 0 Å². The molecule has 0 unspecified atom stereocenters. The molecule has 2 rings (SSSR count). The summed E-state index contributed by atoms with van der Waals surface area (Å²) in [4.78, 5) is 0. The van der Waals surface area contributed by atoms with E-state index in [-0.39, 0.29) is 6.10 Å². The first kappa shape index (κ1) is 19.5. The predicted molar refractivity (Wildman–Crippen MR) is 92.7 cm³/mol. The molecule has 0 spiro atoms. The Morgan fingerprint density at radius 2 is 1.10 bits per heavy atom. The van der Waals surface area contributed by atoms with Gasteiger partial charge in [0.15, 0.2) is 0 Å². The maximum atomic E-state index is 11.9. The Balaban J connectivity index is 0.000000222. The van der Waals surface area contributed by atoms with E-state index >= 15 is 0 Å². The molecule has 0 aromatic heterocycles. The van der Waals surface area contributed by atoms with Crippen LogP contribution in [-0.2, 0) is 0 Å². The molecule has 2 aliphatic carbocycles. The van der Waals surface area contributed by atoms with Gasteiger partial charge in [-0.05, 0) is 0 Å². The van der Waals surface area contributed by atoms with Gasteiger partial charge in [0.25, 0.3) is 0 Å². The normalized spacial score (nSPS) is 20.2. The Morgan fingerprint density at radius 1 is 0.762 bits per heavy atom. The summed E-state index contributed by atoms with van der Waals surface area (Å²) in [7, 11) is 0. The smallest absolute Gasteiger partial charge is 0.0515 e. The van der Waals surface area contributed by atoms with Crippen LogP contribution < -0.4 is 5.11 Å². The zero-order valence-electron chi connectivity index (χ0n) is 14.9. The van der Waals surface area contributed by atoms with E-state index in [0.29, 0.717) is 11.8 Å². The molecule has 2 fully saturated rings. The molecule has 0 heterocycles. The minimum atomic E-state index is -0.199. The predicted octanol–water partition coefficient (Wildman–Crippen LogP) is 4.93. The van der Waals surface area contributed by atoms with E-state index in [4.69, 9.17) is 0 Å². The van der Waals surface area contributed by atoms with Crippen LogP contribution in [0.25, 0.3) is 0 Å². The summed E-state index contributed by atoms with van der Waals surface area (Å²) in [6.07, 6.45) is 9.97. The molecule has 21 heavy (non-hydrogen) atoms. The Hall–Kier alpha value is 0.492. The number of hydrogen-bond donors (Lipinski definition) is 0. The quantitative estimate of drug-likeness (QED) is 0.638. The van der Waals surface area contributed by atoms with Crippen LogP contribution in [-0.4, -0.2) is 21.3 Å². The third-order valence-electron chi connectivity index (χ3n) is 5.01. The molecule has 0 bridgehead atoms. The van der Waals surface area contributed by atoms with E-state index in [1.165, 1.54) is 61.9 Å². The van der Waals surface area contributed by atoms with Crippen LogP contribution in [0.3, 0.4) is 0 Å². The molecule has 1 nitrogen and oxygen atoms in total. The Labute approximate surface area is 140 Å².